The monoisotopic (exact) mass is 285 g/mol. The van der Waals surface area contributed by atoms with E-state index in [1.165, 1.54) is 10.6 Å². The van der Waals surface area contributed by atoms with Crippen molar-refractivity contribution in [2.75, 3.05) is 26.0 Å². The number of sulfonamides is 1. The SMILES string of the molecule is Cc1ccc(OCC2CCN(S(C)(=O)=O)CC2)nn1. The number of ether oxygens (including phenoxy) is 1. The van der Waals surface area contributed by atoms with Crippen molar-refractivity contribution < 1.29 is 13.2 Å². The summed E-state index contributed by atoms with van der Waals surface area (Å²) in [5.41, 5.74) is 0.855. The Kier molecular flexibility index (Phi) is 4.36. The number of piperidine rings is 1. The van der Waals surface area contributed by atoms with Gasteiger partial charge >= 0.3 is 0 Å². The highest BCUT2D eigenvalue weighted by atomic mass is 32.2. The molecule has 1 aromatic heterocycles. The van der Waals surface area contributed by atoms with E-state index >= 15 is 0 Å². The fraction of sp³-hybridized carbons (Fsp3) is 0.667. The van der Waals surface area contributed by atoms with Gasteiger partial charge in [0.15, 0.2) is 0 Å². The van der Waals surface area contributed by atoms with Crippen LogP contribution in [0.25, 0.3) is 0 Å². The fourth-order valence-electron chi connectivity index (χ4n) is 2.07. The van der Waals surface area contributed by atoms with Gasteiger partial charge in [-0.2, -0.15) is 5.10 Å². The predicted molar refractivity (Wildman–Crippen MR) is 71.4 cm³/mol. The molecule has 1 fully saturated rings. The quantitative estimate of drug-likeness (QED) is 0.819. The molecule has 0 aliphatic carbocycles. The average Bonchev–Trinajstić information content (AvgIpc) is 2.37. The molecule has 0 radical (unpaired) electrons. The second-order valence-corrected chi connectivity index (χ2v) is 6.91. The molecule has 1 aromatic rings. The van der Waals surface area contributed by atoms with Crippen LogP contribution >= 0.6 is 0 Å². The summed E-state index contributed by atoms with van der Waals surface area (Å²) >= 11 is 0. The van der Waals surface area contributed by atoms with Crippen molar-refractivity contribution in [3.8, 4) is 5.88 Å². The second-order valence-electron chi connectivity index (χ2n) is 4.93. The van der Waals surface area contributed by atoms with Crippen LogP contribution in [0.1, 0.15) is 18.5 Å². The molecule has 7 heteroatoms. The minimum Gasteiger partial charge on any atom is -0.476 e. The third-order valence-corrected chi connectivity index (χ3v) is 4.59. The zero-order valence-electron chi connectivity index (χ0n) is 11.2. The first-order chi connectivity index (χ1) is 8.95. The third kappa shape index (κ3) is 4.14. The number of aryl methyl sites for hydroxylation is 1. The number of aromatic nitrogens is 2. The number of nitrogens with zero attached hydrogens (tertiary/aromatic N) is 3. The fourth-order valence-corrected chi connectivity index (χ4v) is 2.95. The van der Waals surface area contributed by atoms with Gasteiger partial charge < -0.3 is 4.74 Å². The van der Waals surface area contributed by atoms with Crippen molar-refractivity contribution >= 4 is 10.0 Å². The maximum Gasteiger partial charge on any atom is 0.233 e. The highest BCUT2D eigenvalue weighted by Gasteiger charge is 2.25. The Balaban J connectivity index is 1.78. The molecule has 0 spiro atoms. The first-order valence-electron chi connectivity index (χ1n) is 6.33. The number of hydrogen-bond donors (Lipinski definition) is 0. The van der Waals surface area contributed by atoms with Gasteiger partial charge in [0.2, 0.25) is 15.9 Å². The topological polar surface area (TPSA) is 72.4 Å². The Morgan fingerprint density at radius 1 is 1.32 bits per heavy atom. The molecule has 2 heterocycles. The standard InChI is InChI=1S/C12H19N3O3S/c1-10-3-4-12(14-13-10)18-9-11-5-7-15(8-6-11)19(2,16)17/h3-4,11H,5-9H2,1-2H3. The summed E-state index contributed by atoms with van der Waals surface area (Å²) < 4.78 is 29.9. The minimum absolute atomic E-state index is 0.376. The van der Waals surface area contributed by atoms with Crippen LogP contribution in [0.15, 0.2) is 12.1 Å². The molecule has 0 bridgehead atoms. The summed E-state index contributed by atoms with van der Waals surface area (Å²) in [4.78, 5) is 0. The Hall–Kier alpha value is -1.21. The normalized spacial score (nSPS) is 18.4. The van der Waals surface area contributed by atoms with E-state index < -0.39 is 10.0 Å². The van der Waals surface area contributed by atoms with Crippen molar-refractivity contribution in [1.82, 2.24) is 14.5 Å². The van der Waals surface area contributed by atoms with E-state index in [4.69, 9.17) is 4.74 Å². The maximum absolute atomic E-state index is 11.4. The zero-order valence-corrected chi connectivity index (χ0v) is 12.1. The van der Waals surface area contributed by atoms with Crippen LogP contribution in [0.4, 0.5) is 0 Å². The summed E-state index contributed by atoms with van der Waals surface area (Å²) in [5.74, 6) is 0.900. The predicted octanol–water partition coefficient (Wildman–Crippen LogP) is 0.835. The molecule has 0 amide bonds. The highest BCUT2D eigenvalue weighted by Crippen LogP contribution is 2.20. The van der Waals surface area contributed by atoms with Gasteiger partial charge in [-0.25, -0.2) is 12.7 Å². The first kappa shape index (κ1) is 14.2. The van der Waals surface area contributed by atoms with Gasteiger partial charge in [-0.15, -0.1) is 5.10 Å². The van der Waals surface area contributed by atoms with Gasteiger partial charge in [0, 0.05) is 19.2 Å². The van der Waals surface area contributed by atoms with Crippen LogP contribution in [-0.4, -0.2) is 48.9 Å². The second kappa shape index (κ2) is 5.83. The van der Waals surface area contributed by atoms with Gasteiger partial charge in [-0.1, -0.05) is 0 Å². The molecule has 106 valence electrons. The average molecular weight is 285 g/mol. The van der Waals surface area contributed by atoms with E-state index in [2.05, 4.69) is 10.2 Å². The van der Waals surface area contributed by atoms with E-state index in [1.807, 2.05) is 13.0 Å². The molecule has 1 aliphatic heterocycles. The maximum atomic E-state index is 11.4. The van der Waals surface area contributed by atoms with Crippen molar-refractivity contribution in [1.29, 1.82) is 0 Å². The van der Waals surface area contributed by atoms with Crippen molar-refractivity contribution in [3.63, 3.8) is 0 Å². The largest absolute Gasteiger partial charge is 0.476 e. The molecule has 0 atom stereocenters. The Bertz CT molecular complexity index is 508. The molecule has 0 saturated carbocycles. The molecule has 1 aliphatic rings. The summed E-state index contributed by atoms with van der Waals surface area (Å²) in [6.07, 6.45) is 2.91. The van der Waals surface area contributed by atoms with Crippen LogP contribution in [-0.2, 0) is 10.0 Å². The lowest BCUT2D eigenvalue weighted by Gasteiger charge is -2.29. The Morgan fingerprint density at radius 2 is 2.00 bits per heavy atom. The minimum atomic E-state index is -3.05. The molecule has 0 N–H and O–H groups in total. The summed E-state index contributed by atoms with van der Waals surface area (Å²) in [5, 5.41) is 7.86. The van der Waals surface area contributed by atoms with Crippen LogP contribution in [0.5, 0.6) is 5.88 Å². The summed E-state index contributed by atoms with van der Waals surface area (Å²) in [6.45, 7) is 3.59. The first-order valence-corrected chi connectivity index (χ1v) is 8.18. The van der Waals surface area contributed by atoms with Crippen LogP contribution in [0.2, 0.25) is 0 Å². The molecular weight excluding hydrogens is 266 g/mol. The van der Waals surface area contributed by atoms with E-state index in [0.29, 0.717) is 31.5 Å². The van der Waals surface area contributed by atoms with Gasteiger partial charge in [0.05, 0.1) is 18.6 Å². The molecule has 6 nitrogen and oxygen atoms in total. The number of hydrogen-bond acceptors (Lipinski definition) is 5. The van der Waals surface area contributed by atoms with E-state index in [-0.39, 0.29) is 0 Å². The van der Waals surface area contributed by atoms with Gasteiger partial charge in [0.1, 0.15) is 0 Å². The molecule has 0 aromatic carbocycles. The lowest BCUT2D eigenvalue weighted by molar-refractivity contribution is 0.180. The molecule has 1 saturated heterocycles. The van der Waals surface area contributed by atoms with E-state index in [9.17, 15) is 8.42 Å². The molecule has 2 rings (SSSR count). The summed E-state index contributed by atoms with van der Waals surface area (Å²) in [7, 11) is -3.05. The molecule has 0 unspecified atom stereocenters. The Morgan fingerprint density at radius 3 is 2.53 bits per heavy atom. The van der Waals surface area contributed by atoms with Crippen LogP contribution in [0.3, 0.4) is 0 Å². The van der Waals surface area contributed by atoms with Crippen molar-refractivity contribution in [2.45, 2.75) is 19.8 Å². The van der Waals surface area contributed by atoms with Gasteiger partial charge in [-0.3, -0.25) is 0 Å². The highest BCUT2D eigenvalue weighted by molar-refractivity contribution is 7.88. The van der Waals surface area contributed by atoms with E-state index in [0.717, 1.165) is 18.5 Å². The van der Waals surface area contributed by atoms with Crippen LogP contribution < -0.4 is 4.74 Å². The van der Waals surface area contributed by atoms with Crippen LogP contribution in [0, 0.1) is 12.8 Å². The van der Waals surface area contributed by atoms with E-state index in [1.54, 1.807) is 6.07 Å². The molecule has 19 heavy (non-hydrogen) atoms. The zero-order chi connectivity index (χ0) is 13.9. The third-order valence-electron chi connectivity index (χ3n) is 3.28. The van der Waals surface area contributed by atoms with Gasteiger partial charge in [0.25, 0.3) is 0 Å². The smallest absolute Gasteiger partial charge is 0.233 e. The summed E-state index contributed by atoms with van der Waals surface area (Å²) in [6, 6.07) is 3.66. The van der Waals surface area contributed by atoms with Crippen molar-refractivity contribution in [3.05, 3.63) is 17.8 Å². The molecular formula is C12H19N3O3S. The van der Waals surface area contributed by atoms with Gasteiger partial charge in [-0.05, 0) is 31.7 Å². The lowest BCUT2D eigenvalue weighted by Crippen LogP contribution is -2.39. The lowest BCUT2D eigenvalue weighted by atomic mass is 9.99. The Labute approximate surface area is 113 Å². The van der Waals surface area contributed by atoms with Crippen molar-refractivity contribution in [2.24, 2.45) is 5.92 Å². The number of rotatable bonds is 4.